The second-order valence-electron chi connectivity index (χ2n) is 7.86. The Balaban J connectivity index is 0.000000209. The molecule has 2 aliphatic heterocycles. The summed E-state index contributed by atoms with van der Waals surface area (Å²) in [6, 6.07) is 10.8. The lowest BCUT2D eigenvalue weighted by Gasteiger charge is -2.37. The lowest BCUT2D eigenvalue weighted by molar-refractivity contribution is 0.126. The molecule has 2 atom stereocenters. The first-order valence-corrected chi connectivity index (χ1v) is 9.98. The Morgan fingerprint density at radius 3 is 2.12 bits per heavy atom. The first kappa shape index (κ1) is 20.9. The van der Waals surface area contributed by atoms with Crippen LogP contribution in [0.2, 0.25) is 0 Å². The Labute approximate surface area is 159 Å². The quantitative estimate of drug-likeness (QED) is 0.712. The number of nitrogens with one attached hydrogen (secondary N) is 2. The Morgan fingerprint density at radius 2 is 1.58 bits per heavy atom. The number of alkyl halides is 1. The number of halogens is 1. The predicted molar refractivity (Wildman–Crippen MR) is 110 cm³/mol. The largest absolute Gasteiger partial charge is 0.316 e. The maximum atomic E-state index is 13.4. The first-order chi connectivity index (χ1) is 12.6. The van der Waals surface area contributed by atoms with E-state index in [1.54, 1.807) is 6.08 Å². The predicted octanol–water partition coefficient (Wildman–Crippen LogP) is 4.83. The van der Waals surface area contributed by atoms with E-state index >= 15 is 0 Å². The van der Waals surface area contributed by atoms with Crippen LogP contribution < -0.4 is 10.6 Å². The summed E-state index contributed by atoms with van der Waals surface area (Å²) in [7, 11) is 0. The second kappa shape index (κ2) is 10.6. The van der Waals surface area contributed by atoms with Gasteiger partial charge < -0.3 is 10.6 Å². The summed E-state index contributed by atoms with van der Waals surface area (Å²) in [5.41, 5.74) is 0.856. The van der Waals surface area contributed by atoms with Crippen molar-refractivity contribution in [2.45, 2.75) is 50.6 Å². The molecule has 2 fully saturated rings. The van der Waals surface area contributed by atoms with E-state index in [0.717, 1.165) is 25.9 Å². The van der Waals surface area contributed by atoms with Crippen LogP contribution in [0, 0.1) is 5.41 Å². The number of allylic oxidation sites excluding steroid dienone is 2. The topological polar surface area (TPSA) is 24.1 Å². The maximum Gasteiger partial charge on any atom is 0.126 e. The maximum absolute atomic E-state index is 13.4. The van der Waals surface area contributed by atoms with E-state index in [0.29, 0.717) is 24.8 Å². The molecule has 1 aromatic carbocycles. The average molecular weight is 359 g/mol. The lowest BCUT2D eigenvalue weighted by atomic mass is 9.73. The molecule has 0 spiro atoms. The fourth-order valence-electron chi connectivity index (χ4n) is 4.13. The van der Waals surface area contributed by atoms with E-state index in [1.807, 2.05) is 0 Å². The van der Waals surface area contributed by atoms with Crippen LogP contribution in [0.15, 0.2) is 55.6 Å². The molecule has 2 heterocycles. The molecule has 0 aromatic heterocycles. The van der Waals surface area contributed by atoms with Crippen LogP contribution in [0.4, 0.5) is 4.39 Å². The van der Waals surface area contributed by atoms with Crippen molar-refractivity contribution in [1.82, 2.24) is 10.6 Å². The van der Waals surface area contributed by atoms with Crippen molar-refractivity contribution in [2.75, 3.05) is 26.2 Å². The van der Waals surface area contributed by atoms with Crippen molar-refractivity contribution in [3.05, 3.63) is 61.2 Å². The zero-order valence-electron chi connectivity index (χ0n) is 16.1. The fourth-order valence-corrected chi connectivity index (χ4v) is 4.13. The summed E-state index contributed by atoms with van der Waals surface area (Å²) in [6.45, 7) is 11.2. The van der Waals surface area contributed by atoms with Crippen LogP contribution >= 0.6 is 0 Å². The third kappa shape index (κ3) is 6.69. The second-order valence-corrected chi connectivity index (χ2v) is 7.86. The zero-order valence-corrected chi connectivity index (χ0v) is 16.1. The molecule has 3 rings (SSSR count). The van der Waals surface area contributed by atoms with Crippen molar-refractivity contribution >= 4 is 0 Å². The monoisotopic (exact) mass is 358 g/mol. The molecule has 2 N–H and O–H groups in total. The minimum absolute atomic E-state index is 0.404. The fraction of sp³-hybridized carbons (Fsp3) is 0.565. The Bertz CT molecular complexity index is 528. The first-order valence-electron chi connectivity index (χ1n) is 9.98. The van der Waals surface area contributed by atoms with E-state index in [9.17, 15) is 4.39 Å². The molecule has 3 heteroatoms. The number of rotatable bonds is 6. The molecule has 26 heavy (non-hydrogen) atoms. The lowest BCUT2D eigenvalue weighted by Crippen LogP contribution is -2.41. The van der Waals surface area contributed by atoms with E-state index in [4.69, 9.17) is 0 Å². The molecule has 0 amide bonds. The van der Waals surface area contributed by atoms with Gasteiger partial charge in [-0.3, -0.25) is 0 Å². The van der Waals surface area contributed by atoms with E-state index in [1.165, 1.54) is 31.4 Å². The van der Waals surface area contributed by atoms with Gasteiger partial charge in [-0.15, -0.1) is 13.2 Å². The van der Waals surface area contributed by atoms with Gasteiger partial charge in [-0.05, 0) is 62.6 Å². The molecule has 2 saturated heterocycles. The number of piperidine rings is 2. The summed E-state index contributed by atoms with van der Waals surface area (Å²) < 4.78 is 13.4. The third-order valence-corrected chi connectivity index (χ3v) is 5.49. The summed E-state index contributed by atoms with van der Waals surface area (Å²) in [5, 5.41) is 6.57. The molecule has 0 unspecified atom stereocenters. The van der Waals surface area contributed by atoms with E-state index in [2.05, 4.69) is 60.2 Å². The van der Waals surface area contributed by atoms with Crippen molar-refractivity contribution in [3.63, 3.8) is 0 Å². The van der Waals surface area contributed by atoms with Crippen LogP contribution in [-0.2, 0) is 6.42 Å². The van der Waals surface area contributed by atoms with Gasteiger partial charge in [0.1, 0.15) is 5.67 Å². The molecule has 0 bridgehead atoms. The van der Waals surface area contributed by atoms with E-state index < -0.39 is 5.67 Å². The summed E-state index contributed by atoms with van der Waals surface area (Å²) in [5.74, 6) is 0. The Morgan fingerprint density at radius 1 is 0.923 bits per heavy atom. The van der Waals surface area contributed by atoms with Gasteiger partial charge in [0.15, 0.2) is 0 Å². The molecular formula is C23H35FN2. The highest BCUT2D eigenvalue weighted by Crippen LogP contribution is 2.34. The van der Waals surface area contributed by atoms with Gasteiger partial charge in [0.2, 0.25) is 0 Å². The van der Waals surface area contributed by atoms with Gasteiger partial charge in [-0.1, -0.05) is 42.5 Å². The minimum atomic E-state index is -1.000. The molecule has 0 saturated carbocycles. The summed E-state index contributed by atoms with van der Waals surface area (Å²) in [6.07, 6.45) is 10.8. The minimum Gasteiger partial charge on any atom is -0.316 e. The zero-order chi connectivity index (χ0) is 18.7. The van der Waals surface area contributed by atoms with Gasteiger partial charge in [-0.2, -0.15) is 0 Å². The molecule has 2 nitrogen and oxygen atoms in total. The van der Waals surface area contributed by atoms with Crippen molar-refractivity contribution in [1.29, 1.82) is 0 Å². The standard InChI is InChI=1S/C15H21N.C8H14FN/c1-2-9-15(10-6-11-16-13-15)12-14-7-4-3-5-8-14;1-2-4-8(9)5-3-6-10-7-8/h2-5,7-8,16H,1,6,9-13H2;2,10H,1,3-7H2/t15-;8-/m10/s1. The molecule has 1 aromatic rings. The van der Waals surface area contributed by atoms with Crippen molar-refractivity contribution in [2.24, 2.45) is 5.41 Å². The summed E-state index contributed by atoms with van der Waals surface area (Å²) in [4.78, 5) is 0. The normalized spacial score (nSPS) is 28.5. The van der Waals surface area contributed by atoms with Crippen LogP contribution in [0.25, 0.3) is 0 Å². The van der Waals surface area contributed by atoms with Crippen LogP contribution in [0.1, 0.15) is 44.1 Å². The smallest absolute Gasteiger partial charge is 0.126 e. The SMILES string of the molecule is C=CC[C@]1(Cc2ccccc2)CCCNC1.C=CC[C@]1(F)CCCNC1. The molecule has 2 aliphatic rings. The Kier molecular flexibility index (Phi) is 8.53. The van der Waals surface area contributed by atoms with Crippen LogP contribution in [0.5, 0.6) is 0 Å². The number of benzene rings is 1. The number of hydrogen-bond acceptors (Lipinski definition) is 2. The van der Waals surface area contributed by atoms with Gasteiger partial charge in [0.05, 0.1) is 0 Å². The molecule has 0 radical (unpaired) electrons. The Hall–Kier alpha value is -1.45. The van der Waals surface area contributed by atoms with E-state index in [-0.39, 0.29) is 0 Å². The van der Waals surface area contributed by atoms with Crippen LogP contribution in [0.3, 0.4) is 0 Å². The summed E-state index contributed by atoms with van der Waals surface area (Å²) >= 11 is 0. The molecular weight excluding hydrogens is 323 g/mol. The highest BCUT2D eigenvalue weighted by molar-refractivity contribution is 5.17. The van der Waals surface area contributed by atoms with Crippen LogP contribution in [-0.4, -0.2) is 31.8 Å². The highest BCUT2D eigenvalue weighted by Gasteiger charge is 2.31. The van der Waals surface area contributed by atoms with Crippen molar-refractivity contribution < 1.29 is 4.39 Å². The van der Waals surface area contributed by atoms with Gasteiger partial charge in [0, 0.05) is 19.5 Å². The highest BCUT2D eigenvalue weighted by atomic mass is 19.1. The number of hydrogen-bond donors (Lipinski definition) is 2. The molecule has 0 aliphatic carbocycles. The third-order valence-electron chi connectivity index (χ3n) is 5.49. The average Bonchev–Trinajstić information content (AvgIpc) is 2.64. The molecule has 144 valence electrons. The van der Waals surface area contributed by atoms with Gasteiger partial charge >= 0.3 is 0 Å². The van der Waals surface area contributed by atoms with Gasteiger partial charge in [-0.25, -0.2) is 4.39 Å². The van der Waals surface area contributed by atoms with Gasteiger partial charge in [0.25, 0.3) is 0 Å². The van der Waals surface area contributed by atoms with Crippen molar-refractivity contribution in [3.8, 4) is 0 Å².